The molecule has 1 heterocycles. The van der Waals surface area contributed by atoms with E-state index in [-0.39, 0.29) is 11.0 Å². The minimum Gasteiger partial charge on any atom is -0.469 e. The fourth-order valence-electron chi connectivity index (χ4n) is 4.43. The number of hydrogen-bond donors (Lipinski definition) is 2. The molecule has 0 aromatic heterocycles. The van der Waals surface area contributed by atoms with Crippen molar-refractivity contribution in [1.82, 2.24) is 10.2 Å². The normalized spacial score (nSPS) is 16.8. The molecule has 0 fully saturated rings. The molecular formula is C31H37N3O2S. The van der Waals surface area contributed by atoms with Gasteiger partial charge in [-0.25, -0.2) is 0 Å². The van der Waals surface area contributed by atoms with Gasteiger partial charge in [-0.1, -0.05) is 85.4 Å². The van der Waals surface area contributed by atoms with Gasteiger partial charge in [0.1, 0.15) is 4.99 Å². The van der Waals surface area contributed by atoms with E-state index >= 15 is 0 Å². The summed E-state index contributed by atoms with van der Waals surface area (Å²) >= 11 is 1.85. The molecule has 6 heteroatoms. The standard InChI is InChI=1S/C31H37N3O2S/c1-4-20-34(31(2)33-29(23-37-31)27-8-6-5-7-9-27)22-26-12-10-25(11-13-26)21-32-28-17-14-24(15-18-28)16-19-30(35)36-3/h5-15,17-18,23,32-33H,4,16,19-22H2,1-3H3. The van der Waals surface area contributed by atoms with Gasteiger partial charge in [0, 0.05) is 37.4 Å². The van der Waals surface area contributed by atoms with E-state index in [9.17, 15) is 4.79 Å². The van der Waals surface area contributed by atoms with Gasteiger partial charge in [0.25, 0.3) is 0 Å². The zero-order chi connectivity index (χ0) is 26.1. The number of anilines is 1. The van der Waals surface area contributed by atoms with E-state index in [2.05, 4.69) is 114 Å². The molecular weight excluding hydrogens is 478 g/mol. The molecule has 0 spiro atoms. The number of carbonyl (C=O) groups is 1. The van der Waals surface area contributed by atoms with Gasteiger partial charge in [-0.15, -0.1) is 0 Å². The molecule has 0 saturated carbocycles. The minimum absolute atomic E-state index is 0.176. The molecule has 0 saturated heterocycles. The van der Waals surface area contributed by atoms with Crippen molar-refractivity contribution >= 4 is 29.1 Å². The Morgan fingerprint density at radius 3 is 2.32 bits per heavy atom. The first-order valence-corrected chi connectivity index (χ1v) is 13.8. The summed E-state index contributed by atoms with van der Waals surface area (Å²) in [7, 11) is 1.42. The summed E-state index contributed by atoms with van der Waals surface area (Å²) < 4.78 is 4.72. The number of methoxy groups -OCH3 is 1. The molecule has 1 aliphatic heterocycles. The van der Waals surface area contributed by atoms with Crippen molar-refractivity contribution in [2.24, 2.45) is 0 Å². The van der Waals surface area contributed by atoms with E-state index in [1.165, 1.54) is 29.5 Å². The van der Waals surface area contributed by atoms with Crippen molar-refractivity contribution in [2.75, 3.05) is 19.0 Å². The average Bonchev–Trinajstić information content (AvgIpc) is 3.35. The highest BCUT2D eigenvalue weighted by atomic mass is 32.2. The van der Waals surface area contributed by atoms with Crippen LogP contribution in [0.3, 0.4) is 0 Å². The number of nitrogens with one attached hydrogen (secondary N) is 2. The zero-order valence-electron chi connectivity index (χ0n) is 22.0. The maximum Gasteiger partial charge on any atom is 0.305 e. The maximum absolute atomic E-state index is 11.3. The molecule has 5 nitrogen and oxygen atoms in total. The quantitative estimate of drug-likeness (QED) is 0.264. The molecule has 0 amide bonds. The van der Waals surface area contributed by atoms with Crippen LogP contribution in [-0.2, 0) is 29.0 Å². The van der Waals surface area contributed by atoms with Crippen molar-refractivity contribution in [3.63, 3.8) is 0 Å². The first-order chi connectivity index (χ1) is 18.0. The van der Waals surface area contributed by atoms with Gasteiger partial charge in [0.15, 0.2) is 0 Å². The van der Waals surface area contributed by atoms with Crippen LogP contribution in [0.4, 0.5) is 5.69 Å². The summed E-state index contributed by atoms with van der Waals surface area (Å²) in [6.07, 6.45) is 2.20. The fourth-order valence-corrected chi connectivity index (χ4v) is 5.45. The van der Waals surface area contributed by atoms with Gasteiger partial charge in [-0.2, -0.15) is 0 Å². The highest BCUT2D eigenvalue weighted by Gasteiger charge is 2.36. The molecule has 0 aliphatic carbocycles. The SMILES string of the molecule is CCCN(Cc1ccc(CNc2ccc(CCC(=O)OC)cc2)cc1)C1(C)NC(c2ccccc2)=CS1. The number of rotatable bonds is 12. The largest absolute Gasteiger partial charge is 0.469 e. The summed E-state index contributed by atoms with van der Waals surface area (Å²) in [5, 5.41) is 9.52. The highest BCUT2D eigenvalue weighted by Crippen LogP contribution is 2.38. The highest BCUT2D eigenvalue weighted by molar-refractivity contribution is 8.03. The number of nitrogens with zero attached hydrogens (tertiary/aromatic N) is 1. The van der Waals surface area contributed by atoms with E-state index < -0.39 is 0 Å². The van der Waals surface area contributed by atoms with Gasteiger partial charge in [0.2, 0.25) is 0 Å². The van der Waals surface area contributed by atoms with Crippen LogP contribution >= 0.6 is 11.8 Å². The third kappa shape index (κ3) is 7.40. The van der Waals surface area contributed by atoms with Crippen molar-refractivity contribution < 1.29 is 9.53 Å². The molecule has 4 rings (SSSR count). The lowest BCUT2D eigenvalue weighted by Crippen LogP contribution is -2.51. The number of hydrogen-bond acceptors (Lipinski definition) is 6. The Morgan fingerprint density at radius 2 is 1.65 bits per heavy atom. The molecule has 0 radical (unpaired) electrons. The third-order valence-corrected chi connectivity index (χ3v) is 7.82. The van der Waals surface area contributed by atoms with E-state index in [0.717, 1.165) is 37.3 Å². The van der Waals surface area contributed by atoms with Crippen molar-refractivity contribution in [2.45, 2.75) is 51.2 Å². The first-order valence-electron chi connectivity index (χ1n) is 12.9. The smallest absolute Gasteiger partial charge is 0.305 e. The summed E-state index contributed by atoms with van der Waals surface area (Å²) in [5.41, 5.74) is 7.16. The second-order valence-corrected chi connectivity index (χ2v) is 10.8. The van der Waals surface area contributed by atoms with Crippen LogP contribution in [-0.4, -0.2) is 29.5 Å². The molecule has 3 aromatic carbocycles. The summed E-state index contributed by atoms with van der Waals surface area (Å²) in [6, 6.07) is 27.7. The Hall–Kier alpha value is -3.22. The van der Waals surface area contributed by atoms with Crippen LogP contribution in [0.5, 0.6) is 0 Å². The van der Waals surface area contributed by atoms with E-state index in [4.69, 9.17) is 4.74 Å². The number of carbonyl (C=O) groups excluding carboxylic acids is 1. The van der Waals surface area contributed by atoms with Crippen LogP contribution in [0.15, 0.2) is 84.3 Å². The molecule has 37 heavy (non-hydrogen) atoms. The number of benzene rings is 3. The van der Waals surface area contributed by atoms with Crippen LogP contribution in [0.25, 0.3) is 5.70 Å². The van der Waals surface area contributed by atoms with Crippen molar-refractivity contribution in [3.8, 4) is 0 Å². The van der Waals surface area contributed by atoms with Crippen LogP contribution < -0.4 is 10.6 Å². The van der Waals surface area contributed by atoms with Gasteiger partial charge in [-0.05, 0) is 59.6 Å². The fraction of sp³-hybridized carbons (Fsp3) is 0.323. The maximum atomic E-state index is 11.3. The van der Waals surface area contributed by atoms with Crippen molar-refractivity contribution in [3.05, 3.63) is 107 Å². The Balaban J connectivity index is 1.31. The summed E-state index contributed by atoms with van der Waals surface area (Å²) in [5.74, 6) is -0.176. The van der Waals surface area contributed by atoms with Gasteiger partial charge in [-0.3, -0.25) is 9.69 Å². The van der Waals surface area contributed by atoms with Gasteiger partial charge < -0.3 is 15.4 Å². The van der Waals surface area contributed by atoms with E-state index in [1.807, 2.05) is 11.8 Å². The van der Waals surface area contributed by atoms with E-state index in [1.54, 1.807) is 0 Å². The zero-order valence-corrected chi connectivity index (χ0v) is 22.8. The van der Waals surface area contributed by atoms with Gasteiger partial charge in [0.05, 0.1) is 7.11 Å². The Kier molecular flexibility index (Phi) is 9.31. The number of thioether (sulfide) groups is 1. The third-order valence-electron chi connectivity index (χ3n) is 6.65. The molecule has 194 valence electrons. The molecule has 1 aliphatic rings. The predicted molar refractivity (Wildman–Crippen MR) is 155 cm³/mol. The van der Waals surface area contributed by atoms with Crippen LogP contribution in [0, 0.1) is 0 Å². The Morgan fingerprint density at radius 1 is 0.973 bits per heavy atom. The topological polar surface area (TPSA) is 53.6 Å². The van der Waals surface area contributed by atoms with Crippen LogP contribution in [0.1, 0.15) is 48.9 Å². The molecule has 0 bridgehead atoms. The predicted octanol–water partition coefficient (Wildman–Crippen LogP) is 6.63. The average molecular weight is 516 g/mol. The monoisotopic (exact) mass is 515 g/mol. The number of ether oxygens (including phenoxy) is 1. The summed E-state index contributed by atoms with van der Waals surface area (Å²) in [6.45, 7) is 7.19. The Bertz CT molecular complexity index is 1180. The summed E-state index contributed by atoms with van der Waals surface area (Å²) in [4.78, 5) is 13.7. The molecule has 3 aromatic rings. The second-order valence-electron chi connectivity index (χ2n) is 9.49. The minimum atomic E-state index is -0.176. The Labute approximate surface area is 225 Å². The second kappa shape index (κ2) is 12.8. The molecule has 1 unspecified atom stereocenters. The molecule has 2 N–H and O–H groups in total. The molecule has 1 atom stereocenters. The van der Waals surface area contributed by atoms with Gasteiger partial charge >= 0.3 is 5.97 Å². The number of esters is 1. The first kappa shape index (κ1) is 26.8. The lowest BCUT2D eigenvalue weighted by Gasteiger charge is -2.38. The van der Waals surface area contributed by atoms with E-state index in [0.29, 0.717) is 12.8 Å². The lowest BCUT2D eigenvalue weighted by atomic mass is 10.1. The number of aryl methyl sites for hydroxylation is 1. The van der Waals surface area contributed by atoms with Crippen molar-refractivity contribution in [1.29, 1.82) is 0 Å². The lowest BCUT2D eigenvalue weighted by molar-refractivity contribution is -0.140. The van der Waals surface area contributed by atoms with Crippen LogP contribution in [0.2, 0.25) is 0 Å².